The third-order valence-electron chi connectivity index (χ3n) is 1.78. The van der Waals surface area contributed by atoms with Gasteiger partial charge < -0.3 is 4.74 Å². The van der Waals surface area contributed by atoms with Gasteiger partial charge in [0.1, 0.15) is 11.8 Å². The van der Waals surface area contributed by atoms with Crippen LogP contribution in [0, 0.1) is 5.92 Å². The fourth-order valence-electron chi connectivity index (χ4n) is 1.08. The smallest absolute Gasteiger partial charge is 0.323 e. The van der Waals surface area contributed by atoms with Crippen molar-refractivity contribution in [3.05, 3.63) is 0 Å². The summed E-state index contributed by atoms with van der Waals surface area (Å²) in [5.41, 5.74) is 0. The molecular formula is C10H19NO3. The van der Waals surface area contributed by atoms with E-state index in [4.69, 9.17) is 4.74 Å². The summed E-state index contributed by atoms with van der Waals surface area (Å²) in [6.45, 7) is 7.64. The molecule has 0 amide bonds. The number of carbonyl (C=O) groups is 2. The van der Waals surface area contributed by atoms with Crippen LogP contribution in [-0.2, 0) is 14.3 Å². The van der Waals surface area contributed by atoms with Crippen LogP contribution in [0.3, 0.4) is 0 Å². The molecule has 0 rings (SSSR count). The van der Waals surface area contributed by atoms with Crippen LogP contribution in [0.4, 0.5) is 0 Å². The highest BCUT2D eigenvalue weighted by molar-refractivity contribution is 5.80. The zero-order chi connectivity index (χ0) is 11.1. The van der Waals surface area contributed by atoms with Crippen LogP contribution in [0.2, 0.25) is 0 Å². The molecule has 0 radical (unpaired) electrons. The first kappa shape index (κ1) is 13.1. The molecule has 0 aliphatic carbocycles. The molecule has 1 atom stereocenters. The molecule has 14 heavy (non-hydrogen) atoms. The Morgan fingerprint density at radius 3 is 2.29 bits per heavy atom. The molecule has 0 saturated heterocycles. The summed E-state index contributed by atoms with van der Waals surface area (Å²) >= 11 is 0. The summed E-state index contributed by atoms with van der Waals surface area (Å²) in [7, 11) is 0. The number of esters is 1. The van der Waals surface area contributed by atoms with Gasteiger partial charge in [-0.25, -0.2) is 0 Å². The Kier molecular flexibility index (Phi) is 6.12. The minimum absolute atomic E-state index is 0.0138. The molecule has 0 bridgehead atoms. The monoisotopic (exact) mass is 201 g/mol. The van der Waals surface area contributed by atoms with Gasteiger partial charge in [-0.1, -0.05) is 13.8 Å². The zero-order valence-electron chi connectivity index (χ0n) is 9.29. The van der Waals surface area contributed by atoms with Gasteiger partial charge in [-0.3, -0.25) is 14.9 Å². The first-order valence-electron chi connectivity index (χ1n) is 4.88. The van der Waals surface area contributed by atoms with Crippen LogP contribution in [0.15, 0.2) is 0 Å². The second-order valence-electron chi connectivity index (χ2n) is 3.56. The number of Topliss-reactive ketones (excluding diaryl/α,β-unsaturated/α-hetero) is 1. The first-order valence-corrected chi connectivity index (χ1v) is 4.88. The van der Waals surface area contributed by atoms with E-state index in [0.29, 0.717) is 6.61 Å². The van der Waals surface area contributed by atoms with E-state index in [-0.39, 0.29) is 30.3 Å². The maximum atomic E-state index is 11.4. The number of hydrogen-bond donors (Lipinski definition) is 1. The van der Waals surface area contributed by atoms with Gasteiger partial charge in [0, 0.05) is 0 Å². The zero-order valence-corrected chi connectivity index (χ0v) is 9.29. The Balaban J connectivity index is 4.14. The summed E-state index contributed by atoms with van der Waals surface area (Å²) in [6.07, 6.45) is 0. The quantitative estimate of drug-likeness (QED) is 0.644. The normalized spacial score (nSPS) is 12.6. The van der Waals surface area contributed by atoms with Crippen molar-refractivity contribution >= 4 is 11.8 Å². The molecule has 0 aliphatic rings. The van der Waals surface area contributed by atoms with Gasteiger partial charge in [-0.15, -0.1) is 0 Å². The van der Waals surface area contributed by atoms with E-state index in [2.05, 4.69) is 5.32 Å². The second-order valence-corrected chi connectivity index (χ2v) is 3.56. The fourth-order valence-corrected chi connectivity index (χ4v) is 1.08. The average molecular weight is 201 g/mol. The Morgan fingerprint density at radius 1 is 1.36 bits per heavy atom. The van der Waals surface area contributed by atoms with Gasteiger partial charge in [-0.2, -0.15) is 0 Å². The van der Waals surface area contributed by atoms with Crippen molar-refractivity contribution < 1.29 is 14.3 Å². The highest BCUT2D eigenvalue weighted by Gasteiger charge is 2.22. The molecule has 4 heteroatoms. The predicted octanol–water partition coefficient (Wildman–Crippen LogP) is 0.753. The molecular weight excluding hydrogens is 182 g/mol. The predicted molar refractivity (Wildman–Crippen MR) is 53.9 cm³/mol. The van der Waals surface area contributed by atoms with E-state index < -0.39 is 0 Å². The highest BCUT2D eigenvalue weighted by atomic mass is 16.5. The number of carbonyl (C=O) groups excluding carboxylic acids is 2. The van der Waals surface area contributed by atoms with Crippen LogP contribution < -0.4 is 5.32 Å². The van der Waals surface area contributed by atoms with Gasteiger partial charge >= 0.3 is 5.97 Å². The van der Waals surface area contributed by atoms with Gasteiger partial charge in [-0.05, 0) is 19.8 Å². The van der Waals surface area contributed by atoms with Crippen molar-refractivity contribution in [3.63, 3.8) is 0 Å². The average Bonchev–Trinajstić information content (AvgIpc) is 2.03. The molecule has 0 saturated carbocycles. The topological polar surface area (TPSA) is 55.4 Å². The lowest BCUT2D eigenvalue weighted by Crippen LogP contribution is -2.44. The van der Waals surface area contributed by atoms with Gasteiger partial charge in [0.15, 0.2) is 0 Å². The van der Waals surface area contributed by atoms with Crippen molar-refractivity contribution in [2.75, 3.05) is 13.2 Å². The summed E-state index contributed by atoms with van der Waals surface area (Å²) in [5, 5.41) is 2.88. The van der Waals surface area contributed by atoms with Crippen LogP contribution in [0.25, 0.3) is 0 Å². The van der Waals surface area contributed by atoms with Crippen molar-refractivity contribution in [1.82, 2.24) is 5.32 Å². The number of nitrogens with one attached hydrogen (secondary N) is 1. The molecule has 0 aromatic carbocycles. The molecule has 0 aliphatic heterocycles. The SMILES string of the molecule is CCOC(=O)C(NCC(C)=O)C(C)C. The number of hydrogen-bond acceptors (Lipinski definition) is 4. The molecule has 0 spiro atoms. The lowest BCUT2D eigenvalue weighted by molar-refractivity contribution is -0.146. The van der Waals surface area contributed by atoms with E-state index in [9.17, 15) is 9.59 Å². The molecule has 0 aromatic heterocycles. The number of ketones is 1. The third-order valence-corrected chi connectivity index (χ3v) is 1.78. The molecule has 1 N–H and O–H groups in total. The van der Waals surface area contributed by atoms with E-state index in [0.717, 1.165) is 0 Å². The Labute approximate surface area is 85.0 Å². The Bertz CT molecular complexity index is 202. The van der Waals surface area contributed by atoms with Gasteiger partial charge in [0.05, 0.1) is 13.2 Å². The maximum Gasteiger partial charge on any atom is 0.323 e. The van der Waals surface area contributed by atoms with E-state index in [1.54, 1.807) is 6.92 Å². The van der Waals surface area contributed by atoms with E-state index >= 15 is 0 Å². The largest absolute Gasteiger partial charge is 0.465 e. The third kappa shape index (κ3) is 4.97. The molecule has 82 valence electrons. The lowest BCUT2D eigenvalue weighted by atomic mass is 10.0. The van der Waals surface area contributed by atoms with Gasteiger partial charge in [0.25, 0.3) is 0 Å². The van der Waals surface area contributed by atoms with Gasteiger partial charge in [0.2, 0.25) is 0 Å². The van der Waals surface area contributed by atoms with E-state index in [1.807, 2.05) is 13.8 Å². The maximum absolute atomic E-state index is 11.4. The molecule has 4 nitrogen and oxygen atoms in total. The summed E-state index contributed by atoms with van der Waals surface area (Å²) in [5.74, 6) is -0.155. The molecule has 0 fully saturated rings. The fraction of sp³-hybridized carbons (Fsp3) is 0.800. The Morgan fingerprint density at radius 2 is 1.93 bits per heavy atom. The molecule has 1 unspecified atom stereocenters. The highest BCUT2D eigenvalue weighted by Crippen LogP contribution is 2.03. The second kappa shape index (κ2) is 6.54. The number of rotatable bonds is 6. The van der Waals surface area contributed by atoms with Crippen LogP contribution in [0.5, 0.6) is 0 Å². The standard InChI is InChI=1S/C10H19NO3/c1-5-14-10(13)9(7(2)3)11-6-8(4)12/h7,9,11H,5-6H2,1-4H3. The summed E-state index contributed by atoms with van der Waals surface area (Å²) in [4.78, 5) is 22.1. The van der Waals surface area contributed by atoms with Crippen molar-refractivity contribution in [2.45, 2.75) is 33.7 Å². The minimum Gasteiger partial charge on any atom is -0.465 e. The van der Waals surface area contributed by atoms with Crippen LogP contribution in [0.1, 0.15) is 27.7 Å². The van der Waals surface area contributed by atoms with Crippen molar-refractivity contribution in [1.29, 1.82) is 0 Å². The van der Waals surface area contributed by atoms with E-state index in [1.165, 1.54) is 6.92 Å². The number of ether oxygens (including phenoxy) is 1. The molecule has 0 aromatic rings. The molecule has 0 heterocycles. The van der Waals surface area contributed by atoms with Crippen molar-refractivity contribution in [2.24, 2.45) is 5.92 Å². The Hall–Kier alpha value is -0.900. The first-order chi connectivity index (χ1) is 6.49. The summed E-state index contributed by atoms with van der Waals surface area (Å²) < 4.78 is 4.88. The lowest BCUT2D eigenvalue weighted by Gasteiger charge is -2.19. The minimum atomic E-state index is -0.390. The van der Waals surface area contributed by atoms with Crippen LogP contribution in [-0.4, -0.2) is 30.9 Å². The van der Waals surface area contributed by atoms with Crippen molar-refractivity contribution in [3.8, 4) is 0 Å². The van der Waals surface area contributed by atoms with Crippen LogP contribution >= 0.6 is 0 Å². The summed E-state index contributed by atoms with van der Waals surface area (Å²) in [6, 6.07) is -0.390.